The summed E-state index contributed by atoms with van der Waals surface area (Å²) < 4.78 is 10.1. The highest BCUT2D eigenvalue weighted by Crippen LogP contribution is 2.10. The molecule has 0 aliphatic heterocycles. The third-order valence-corrected chi connectivity index (χ3v) is 2.24. The normalized spacial score (nSPS) is 13.0. The predicted molar refractivity (Wildman–Crippen MR) is 76.9 cm³/mol. The zero-order valence-corrected chi connectivity index (χ0v) is 12.3. The number of esters is 2. The summed E-state index contributed by atoms with van der Waals surface area (Å²) in [5, 5.41) is 0. The Balaban J connectivity index is 2.50. The van der Waals surface area contributed by atoms with Gasteiger partial charge in [-0.1, -0.05) is 30.3 Å². The molecule has 0 heterocycles. The molecule has 0 aromatic heterocycles. The van der Waals surface area contributed by atoms with Crippen LogP contribution in [0.2, 0.25) is 0 Å². The zero-order valence-electron chi connectivity index (χ0n) is 12.3. The topological polar surface area (TPSA) is 52.6 Å². The van der Waals surface area contributed by atoms with Gasteiger partial charge in [0.25, 0.3) is 0 Å². The van der Waals surface area contributed by atoms with Crippen LogP contribution in [-0.2, 0) is 19.1 Å². The lowest BCUT2D eigenvalue weighted by atomic mass is 10.2. The third kappa shape index (κ3) is 6.18. The summed E-state index contributed by atoms with van der Waals surface area (Å²) in [6.45, 7) is 6.76. The van der Waals surface area contributed by atoms with Gasteiger partial charge in [0.1, 0.15) is 5.60 Å². The van der Waals surface area contributed by atoms with E-state index in [1.165, 1.54) is 13.0 Å². The van der Waals surface area contributed by atoms with Crippen LogP contribution >= 0.6 is 0 Å². The first-order chi connectivity index (χ1) is 9.28. The van der Waals surface area contributed by atoms with Crippen molar-refractivity contribution in [3.63, 3.8) is 0 Å². The number of carbonyl (C=O) groups excluding carboxylic acids is 2. The molecule has 1 aromatic carbocycles. The van der Waals surface area contributed by atoms with Crippen molar-refractivity contribution in [2.45, 2.75) is 39.4 Å². The molecule has 0 spiro atoms. The monoisotopic (exact) mass is 276 g/mol. The lowest BCUT2D eigenvalue weighted by Crippen LogP contribution is -2.32. The van der Waals surface area contributed by atoms with E-state index in [1.54, 1.807) is 26.8 Å². The van der Waals surface area contributed by atoms with E-state index in [-0.39, 0.29) is 0 Å². The highest BCUT2D eigenvalue weighted by molar-refractivity contribution is 5.89. The van der Waals surface area contributed by atoms with Crippen molar-refractivity contribution in [1.82, 2.24) is 0 Å². The van der Waals surface area contributed by atoms with Gasteiger partial charge in [0.15, 0.2) is 6.10 Å². The maximum Gasteiger partial charge on any atom is 0.347 e. The van der Waals surface area contributed by atoms with Crippen LogP contribution in [-0.4, -0.2) is 23.6 Å². The molecule has 0 N–H and O–H groups in total. The summed E-state index contributed by atoms with van der Waals surface area (Å²) in [6.07, 6.45) is 1.99. The Labute approximate surface area is 119 Å². The van der Waals surface area contributed by atoms with E-state index < -0.39 is 23.6 Å². The second-order valence-corrected chi connectivity index (χ2v) is 5.36. The lowest BCUT2D eigenvalue weighted by Gasteiger charge is -2.21. The standard InChI is InChI=1S/C16H20O4/c1-12(15(18)20-16(2,3)4)19-14(17)11-10-13-8-6-5-7-9-13/h5-12H,1-4H3. The van der Waals surface area contributed by atoms with Crippen molar-refractivity contribution in [3.05, 3.63) is 42.0 Å². The maximum absolute atomic E-state index is 11.6. The molecule has 1 rings (SSSR count). The molecule has 1 aromatic rings. The van der Waals surface area contributed by atoms with Gasteiger partial charge in [0.05, 0.1) is 0 Å². The molecule has 0 saturated heterocycles. The number of carbonyl (C=O) groups is 2. The van der Waals surface area contributed by atoms with E-state index in [0.29, 0.717) is 0 Å². The van der Waals surface area contributed by atoms with Crippen LogP contribution in [0.1, 0.15) is 33.3 Å². The summed E-state index contributed by atoms with van der Waals surface area (Å²) in [5.41, 5.74) is 0.284. The van der Waals surface area contributed by atoms with E-state index in [9.17, 15) is 9.59 Å². The number of benzene rings is 1. The highest BCUT2D eigenvalue weighted by atomic mass is 16.6. The van der Waals surface area contributed by atoms with Crippen LogP contribution in [0, 0.1) is 0 Å². The first-order valence-electron chi connectivity index (χ1n) is 6.44. The highest BCUT2D eigenvalue weighted by Gasteiger charge is 2.23. The smallest absolute Gasteiger partial charge is 0.347 e. The van der Waals surface area contributed by atoms with Crippen molar-refractivity contribution in [2.75, 3.05) is 0 Å². The zero-order chi connectivity index (χ0) is 15.2. The molecular weight excluding hydrogens is 256 g/mol. The van der Waals surface area contributed by atoms with Crippen LogP contribution in [0.5, 0.6) is 0 Å². The molecule has 4 heteroatoms. The largest absolute Gasteiger partial charge is 0.457 e. The summed E-state index contributed by atoms with van der Waals surface area (Å²) in [4.78, 5) is 23.2. The van der Waals surface area contributed by atoms with E-state index in [2.05, 4.69) is 0 Å². The van der Waals surface area contributed by atoms with Crippen LogP contribution in [0.4, 0.5) is 0 Å². The Morgan fingerprint density at radius 3 is 2.30 bits per heavy atom. The number of hydrogen-bond donors (Lipinski definition) is 0. The average Bonchev–Trinajstić information content (AvgIpc) is 2.35. The van der Waals surface area contributed by atoms with Crippen molar-refractivity contribution < 1.29 is 19.1 Å². The number of rotatable bonds is 4. The molecule has 4 nitrogen and oxygen atoms in total. The Morgan fingerprint density at radius 2 is 1.75 bits per heavy atom. The molecular formula is C16H20O4. The predicted octanol–water partition coefficient (Wildman–Crippen LogP) is 2.97. The quantitative estimate of drug-likeness (QED) is 0.626. The fourth-order valence-electron chi connectivity index (χ4n) is 1.37. The number of ether oxygens (including phenoxy) is 2. The second kappa shape index (κ2) is 6.89. The molecule has 0 radical (unpaired) electrons. The summed E-state index contributed by atoms with van der Waals surface area (Å²) in [6, 6.07) is 9.35. The minimum atomic E-state index is -0.929. The lowest BCUT2D eigenvalue weighted by molar-refractivity contribution is -0.172. The summed E-state index contributed by atoms with van der Waals surface area (Å²) in [7, 11) is 0. The van der Waals surface area contributed by atoms with Gasteiger partial charge < -0.3 is 9.47 Å². The minimum absolute atomic E-state index is 0.557. The average molecular weight is 276 g/mol. The van der Waals surface area contributed by atoms with Crippen molar-refractivity contribution in [1.29, 1.82) is 0 Å². The SMILES string of the molecule is CC(OC(=O)C=Cc1ccccc1)C(=O)OC(C)(C)C. The van der Waals surface area contributed by atoms with Crippen LogP contribution in [0.15, 0.2) is 36.4 Å². The second-order valence-electron chi connectivity index (χ2n) is 5.36. The molecule has 0 aliphatic carbocycles. The Kier molecular flexibility index (Phi) is 5.50. The van der Waals surface area contributed by atoms with Crippen molar-refractivity contribution in [3.8, 4) is 0 Å². The Bertz CT molecular complexity index is 483. The third-order valence-electron chi connectivity index (χ3n) is 2.24. The molecule has 0 amide bonds. The summed E-state index contributed by atoms with van der Waals surface area (Å²) >= 11 is 0. The van der Waals surface area contributed by atoms with Gasteiger partial charge in [-0.15, -0.1) is 0 Å². The van der Waals surface area contributed by atoms with E-state index in [0.717, 1.165) is 5.56 Å². The van der Waals surface area contributed by atoms with E-state index in [1.807, 2.05) is 30.3 Å². The van der Waals surface area contributed by atoms with Crippen molar-refractivity contribution >= 4 is 18.0 Å². The fourth-order valence-corrected chi connectivity index (χ4v) is 1.37. The summed E-state index contributed by atoms with van der Waals surface area (Å²) in [5.74, 6) is -1.13. The van der Waals surface area contributed by atoms with Gasteiger partial charge in [0, 0.05) is 6.08 Å². The molecule has 1 unspecified atom stereocenters. The molecule has 20 heavy (non-hydrogen) atoms. The van der Waals surface area contributed by atoms with E-state index in [4.69, 9.17) is 9.47 Å². The first-order valence-corrected chi connectivity index (χ1v) is 6.44. The van der Waals surface area contributed by atoms with Gasteiger partial charge in [-0.2, -0.15) is 0 Å². The maximum atomic E-state index is 11.6. The van der Waals surface area contributed by atoms with Crippen molar-refractivity contribution in [2.24, 2.45) is 0 Å². The van der Waals surface area contributed by atoms with Gasteiger partial charge in [0.2, 0.25) is 0 Å². The van der Waals surface area contributed by atoms with Crippen LogP contribution in [0.3, 0.4) is 0 Å². The molecule has 0 fully saturated rings. The fraction of sp³-hybridized carbons (Fsp3) is 0.375. The van der Waals surface area contributed by atoms with Crippen LogP contribution < -0.4 is 0 Å². The molecule has 1 atom stereocenters. The first kappa shape index (κ1) is 16.0. The number of hydrogen-bond acceptors (Lipinski definition) is 4. The Hall–Kier alpha value is -2.10. The van der Waals surface area contributed by atoms with Crippen LogP contribution in [0.25, 0.3) is 6.08 Å². The molecule has 0 aliphatic rings. The van der Waals surface area contributed by atoms with Gasteiger partial charge in [-0.25, -0.2) is 9.59 Å². The molecule has 0 saturated carbocycles. The van der Waals surface area contributed by atoms with E-state index >= 15 is 0 Å². The molecule has 0 bridgehead atoms. The Morgan fingerprint density at radius 1 is 1.15 bits per heavy atom. The van der Waals surface area contributed by atoms with Gasteiger partial charge in [-0.3, -0.25) is 0 Å². The minimum Gasteiger partial charge on any atom is -0.457 e. The molecule has 108 valence electrons. The van der Waals surface area contributed by atoms with Gasteiger partial charge in [-0.05, 0) is 39.3 Å². The van der Waals surface area contributed by atoms with Gasteiger partial charge >= 0.3 is 11.9 Å².